The minimum atomic E-state index is -0.333. The van der Waals surface area contributed by atoms with E-state index in [9.17, 15) is 9.59 Å². The molecule has 0 aromatic heterocycles. The van der Waals surface area contributed by atoms with Crippen molar-refractivity contribution in [1.82, 2.24) is 4.90 Å². The summed E-state index contributed by atoms with van der Waals surface area (Å²) in [6.45, 7) is 5.99. The predicted molar refractivity (Wildman–Crippen MR) is 73.8 cm³/mol. The molecule has 1 atom stereocenters. The molecule has 0 saturated carbocycles. The van der Waals surface area contributed by atoms with Crippen molar-refractivity contribution in [2.45, 2.75) is 26.8 Å². The van der Waals surface area contributed by atoms with Crippen LogP contribution < -0.4 is 0 Å². The van der Waals surface area contributed by atoms with E-state index in [2.05, 4.69) is 0 Å². The maximum absolute atomic E-state index is 12.4. The molecule has 1 amide bonds. The van der Waals surface area contributed by atoms with Crippen LogP contribution in [-0.2, 0) is 9.53 Å². The van der Waals surface area contributed by atoms with Crippen molar-refractivity contribution in [3.05, 3.63) is 35.9 Å². The van der Waals surface area contributed by atoms with Crippen LogP contribution in [0, 0.1) is 5.92 Å². The van der Waals surface area contributed by atoms with Gasteiger partial charge in [-0.2, -0.15) is 0 Å². The number of ether oxygens (including phenoxy) is 1. The van der Waals surface area contributed by atoms with Crippen LogP contribution in [0.2, 0.25) is 0 Å². The predicted octanol–water partition coefficient (Wildman–Crippen LogP) is 2.35. The molecule has 0 N–H and O–H groups in total. The fraction of sp³-hybridized carbons (Fsp3) is 0.467. The largest absolute Gasteiger partial charge is 0.469 e. The summed E-state index contributed by atoms with van der Waals surface area (Å²) in [6.07, 6.45) is 0. The Bertz CT molecular complexity index is 428. The van der Waals surface area contributed by atoms with E-state index in [1.807, 2.05) is 32.0 Å². The van der Waals surface area contributed by atoms with E-state index < -0.39 is 0 Å². The maximum Gasteiger partial charge on any atom is 0.310 e. The fourth-order valence-corrected chi connectivity index (χ4v) is 1.85. The molecule has 0 radical (unpaired) electrons. The van der Waals surface area contributed by atoms with E-state index in [0.29, 0.717) is 12.1 Å². The first-order valence-corrected chi connectivity index (χ1v) is 6.41. The second-order valence-electron chi connectivity index (χ2n) is 4.84. The van der Waals surface area contributed by atoms with E-state index in [1.54, 1.807) is 24.0 Å². The van der Waals surface area contributed by atoms with Crippen LogP contribution in [0.3, 0.4) is 0 Å². The minimum Gasteiger partial charge on any atom is -0.469 e. The molecular formula is C15H21NO3. The van der Waals surface area contributed by atoms with Gasteiger partial charge in [-0.1, -0.05) is 25.1 Å². The summed E-state index contributed by atoms with van der Waals surface area (Å²) in [7, 11) is 1.36. The second kappa shape index (κ2) is 6.92. The Morgan fingerprint density at radius 1 is 1.16 bits per heavy atom. The highest BCUT2D eigenvalue weighted by molar-refractivity contribution is 5.94. The first-order chi connectivity index (χ1) is 8.97. The number of methoxy groups -OCH3 is 1. The quantitative estimate of drug-likeness (QED) is 0.766. The van der Waals surface area contributed by atoms with Gasteiger partial charge in [-0.3, -0.25) is 9.59 Å². The lowest BCUT2D eigenvalue weighted by molar-refractivity contribution is -0.145. The van der Waals surface area contributed by atoms with Crippen molar-refractivity contribution >= 4 is 11.9 Å². The third-order valence-electron chi connectivity index (χ3n) is 2.98. The molecular weight excluding hydrogens is 242 g/mol. The van der Waals surface area contributed by atoms with Crippen LogP contribution in [-0.4, -0.2) is 36.5 Å². The van der Waals surface area contributed by atoms with Gasteiger partial charge in [0, 0.05) is 18.2 Å². The van der Waals surface area contributed by atoms with Gasteiger partial charge in [0.2, 0.25) is 0 Å². The van der Waals surface area contributed by atoms with Gasteiger partial charge in [0.1, 0.15) is 0 Å². The monoisotopic (exact) mass is 263 g/mol. The minimum absolute atomic E-state index is 0.0276. The molecule has 0 heterocycles. The number of benzene rings is 1. The molecule has 0 aliphatic carbocycles. The third kappa shape index (κ3) is 4.09. The number of rotatable bonds is 5. The Morgan fingerprint density at radius 3 is 2.21 bits per heavy atom. The molecule has 1 aromatic rings. The summed E-state index contributed by atoms with van der Waals surface area (Å²) >= 11 is 0. The number of nitrogens with zero attached hydrogens (tertiary/aromatic N) is 1. The molecule has 1 aromatic carbocycles. The van der Waals surface area contributed by atoms with Crippen molar-refractivity contribution in [3.8, 4) is 0 Å². The Kier molecular flexibility index (Phi) is 5.55. The summed E-state index contributed by atoms with van der Waals surface area (Å²) in [5.74, 6) is -0.696. The molecule has 4 heteroatoms. The Labute approximate surface area is 114 Å². The molecule has 4 nitrogen and oxygen atoms in total. The summed E-state index contributed by atoms with van der Waals surface area (Å²) in [5.41, 5.74) is 0.633. The molecule has 0 fully saturated rings. The van der Waals surface area contributed by atoms with Gasteiger partial charge in [-0.15, -0.1) is 0 Å². The van der Waals surface area contributed by atoms with Crippen LogP contribution in [0.15, 0.2) is 30.3 Å². The zero-order valence-electron chi connectivity index (χ0n) is 11.9. The lowest BCUT2D eigenvalue weighted by atomic mass is 10.1. The van der Waals surface area contributed by atoms with Crippen LogP contribution in [0.5, 0.6) is 0 Å². The number of esters is 1. The molecule has 0 bridgehead atoms. The molecule has 19 heavy (non-hydrogen) atoms. The zero-order chi connectivity index (χ0) is 14.4. The van der Waals surface area contributed by atoms with Gasteiger partial charge in [0.15, 0.2) is 0 Å². The molecule has 0 saturated heterocycles. The van der Waals surface area contributed by atoms with Crippen LogP contribution in [0.25, 0.3) is 0 Å². The van der Waals surface area contributed by atoms with Crippen LogP contribution in [0.4, 0.5) is 0 Å². The topological polar surface area (TPSA) is 46.6 Å². The fourth-order valence-electron chi connectivity index (χ4n) is 1.85. The first-order valence-electron chi connectivity index (χ1n) is 6.41. The van der Waals surface area contributed by atoms with Crippen LogP contribution >= 0.6 is 0 Å². The van der Waals surface area contributed by atoms with Gasteiger partial charge < -0.3 is 9.64 Å². The van der Waals surface area contributed by atoms with Gasteiger partial charge >= 0.3 is 5.97 Å². The molecule has 0 aliphatic heterocycles. The zero-order valence-corrected chi connectivity index (χ0v) is 11.9. The summed E-state index contributed by atoms with van der Waals surface area (Å²) in [6, 6.07) is 9.11. The lowest BCUT2D eigenvalue weighted by Crippen LogP contribution is -2.41. The number of carbonyl (C=O) groups is 2. The van der Waals surface area contributed by atoms with Crippen molar-refractivity contribution in [1.29, 1.82) is 0 Å². The first kappa shape index (κ1) is 15.2. The van der Waals surface area contributed by atoms with Crippen molar-refractivity contribution < 1.29 is 14.3 Å². The highest BCUT2D eigenvalue weighted by Crippen LogP contribution is 2.12. The van der Waals surface area contributed by atoms with E-state index in [0.717, 1.165) is 0 Å². The highest BCUT2D eigenvalue weighted by Gasteiger charge is 2.24. The normalized spacial score (nSPS) is 12.1. The van der Waals surface area contributed by atoms with Crippen molar-refractivity contribution in [3.63, 3.8) is 0 Å². The molecule has 0 aliphatic rings. The molecule has 1 unspecified atom stereocenters. The average molecular weight is 263 g/mol. The standard InChI is InChI=1S/C15H21NO3/c1-11(2)16(10-12(3)15(18)19-4)14(17)13-8-6-5-7-9-13/h5-9,11-12H,10H2,1-4H3. The van der Waals surface area contributed by atoms with Crippen LogP contribution in [0.1, 0.15) is 31.1 Å². The number of hydrogen-bond acceptors (Lipinski definition) is 3. The van der Waals surface area contributed by atoms with Gasteiger partial charge in [-0.25, -0.2) is 0 Å². The van der Waals surface area contributed by atoms with Gasteiger partial charge in [0.05, 0.1) is 13.0 Å². The van der Waals surface area contributed by atoms with Gasteiger partial charge in [-0.05, 0) is 26.0 Å². The molecule has 1 rings (SSSR count). The smallest absolute Gasteiger partial charge is 0.310 e. The van der Waals surface area contributed by atoms with Crippen molar-refractivity contribution in [2.24, 2.45) is 5.92 Å². The Morgan fingerprint density at radius 2 is 1.74 bits per heavy atom. The second-order valence-corrected chi connectivity index (χ2v) is 4.84. The number of carbonyl (C=O) groups excluding carboxylic acids is 2. The summed E-state index contributed by atoms with van der Waals surface area (Å²) < 4.78 is 4.70. The SMILES string of the molecule is COC(=O)C(C)CN(C(=O)c1ccccc1)C(C)C. The van der Waals surface area contributed by atoms with Gasteiger partial charge in [0.25, 0.3) is 5.91 Å². The average Bonchev–Trinajstić information content (AvgIpc) is 2.43. The van der Waals surface area contributed by atoms with Crippen molar-refractivity contribution in [2.75, 3.05) is 13.7 Å². The third-order valence-corrected chi connectivity index (χ3v) is 2.98. The summed E-state index contributed by atoms with van der Waals surface area (Å²) in [5, 5.41) is 0. The van der Waals surface area contributed by atoms with E-state index in [1.165, 1.54) is 7.11 Å². The molecule has 104 valence electrons. The maximum atomic E-state index is 12.4. The van der Waals surface area contributed by atoms with E-state index >= 15 is 0 Å². The highest BCUT2D eigenvalue weighted by atomic mass is 16.5. The molecule has 0 spiro atoms. The Hall–Kier alpha value is -1.84. The van der Waals surface area contributed by atoms with E-state index in [4.69, 9.17) is 4.74 Å². The lowest BCUT2D eigenvalue weighted by Gasteiger charge is -2.28. The Balaban J connectivity index is 2.84. The number of hydrogen-bond donors (Lipinski definition) is 0. The van der Waals surface area contributed by atoms with E-state index in [-0.39, 0.29) is 23.8 Å². The summed E-state index contributed by atoms with van der Waals surface area (Å²) in [4.78, 5) is 25.6. The number of amides is 1.